The summed E-state index contributed by atoms with van der Waals surface area (Å²) in [4.78, 5) is 40.7. The van der Waals surface area contributed by atoms with Gasteiger partial charge >= 0.3 is 0 Å². The van der Waals surface area contributed by atoms with Crippen LogP contribution in [0, 0.1) is 6.92 Å². The molecule has 0 aliphatic heterocycles. The van der Waals surface area contributed by atoms with Crippen LogP contribution >= 0.6 is 46.4 Å². The number of azo groups is 3. The van der Waals surface area contributed by atoms with Crippen molar-refractivity contribution in [3.05, 3.63) is 200 Å². The normalized spacial score (nSPS) is 12.1. The summed E-state index contributed by atoms with van der Waals surface area (Å²) in [6.45, 7) is 1.83. The molecule has 10 rings (SSSR count). The third-order valence-electron chi connectivity index (χ3n) is 11.6. The molecule has 0 saturated carbocycles. The summed E-state index contributed by atoms with van der Waals surface area (Å²) in [7, 11) is 0. The van der Waals surface area contributed by atoms with Gasteiger partial charge in [-0.3, -0.25) is 14.4 Å². The summed E-state index contributed by atoms with van der Waals surface area (Å²) >= 11 is 24.4. The fourth-order valence-electron chi connectivity index (χ4n) is 8.05. The Hall–Kier alpha value is -8.33. The van der Waals surface area contributed by atoms with Crippen LogP contribution in [0.1, 0.15) is 42.2 Å². The van der Waals surface area contributed by atoms with E-state index in [1.54, 1.807) is 127 Å². The monoisotopic (exact) mass is 1010 g/mol. The zero-order valence-electron chi connectivity index (χ0n) is 36.7. The van der Waals surface area contributed by atoms with Crippen molar-refractivity contribution in [2.24, 2.45) is 30.7 Å². The van der Waals surface area contributed by atoms with Gasteiger partial charge < -0.3 is 20.8 Å². The number of carbonyl (C=O) groups excluding carboxylic acids is 3. The molecule has 0 heterocycles. The molecule has 1 aliphatic carbocycles. The number of aromatic hydroxyl groups is 2. The Morgan fingerprint density at radius 1 is 0.451 bits per heavy atom. The minimum atomic E-state index is -0.599. The third-order valence-corrected chi connectivity index (χ3v) is 13.1. The highest BCUT2D eigenvalue weighted by Crippen LogP contribution is 2.44. The van der Waals surface area contributed by atoms with E-state index < -0.39 is 11.8 Å². The topological polar surface area (TPSA) is 190 Å². The van der Waals surface area contributed by atoms with Gasteiger partial charge in [-0.1, -0.05) is 107 Å². The number of hydrogen-bond acceptors (Lipinski definition) is 11. The van der Waals surface area contributed by atoms with E-state index in [0.29, 0.717) is 88.0 Å². The lowest BCUT2D eigenvalue weighted by Gasteiger charge is -2.11. The molecule has 9 aromatic carbocycles. The number of fused-ring (bicyclic) bond motifs is 5. The molecular weight excluding hydrogens is 982 g/mol. The number of carbonyl (C=O) groups is 3. The molecule has 0 bridgehead atoms. The first-order valence-corrected chi connectivity index (χ1v) is 23.0. The molecule has 9 aromatic rings. The summed E-state index contributed by atoms with van der Waals surface area (Å²) in [6, 6.07) is 42.3. The second-order valence-corrected chi connectivity index (χ2v) is 17.8. The number of aryl methyl sites for hydroxylation is 1. The highest BCUT2D eigenvalue weighted by atomic mass is 35.5. The maximum atomic E-state index is 13.9. The van der Waals surface area contributed by atoms with Gasteiger partial charge in [0.1, 0.15) is 11.4 Å². The number of anilines is 2. The average molecular weight is 1010 g/mol. The molecule has 0 atom stereocenters. The first-order chi connectivity index (χ1) is 34.3. The Kier molecular flexibility index (Phi) is 12.6. The summed E-state index contributed by atoms with van der Waals surface area (Å²) in [6.07, 6.45) is 0. The van der Waals surface area contributed by atoms with Gasteiger partial charge in [-0.2, -0.15) is 20.5 Å². The molecule has 17 heteroatoms. The average Bonchev–Trinajstić information content (AvgIpc) is 3.64. The quantitative estimate of drug-likeness (QED) is 0.0990. The zero-order chi connectivity index (χ0) is 49.5. The van der Waals surface area contributed by atoms with Gasteiger partial charge in [0.25, 0.3) is 11.8 Å². The van der Waals surface area contributed by atoms with Crippen molar-refractivity contribution in [3.63, 3.8) is 0 Å². The number of nitrogens with one attached hydrogen (secondary N) is 2. The van der Waals surface area contributed by atoms with E-state index in [1.165, 1.54) is 12.1 Å². The fraction of sp³-hybridized carbons (Fsp3) is 0.0185. The van der Waals surface area contributed by atoms with E-state index in [1.807, 2.05) is 19.1 Å². The lowest BCUT2D eigenvalue weighted by Crippen LogP contribution is -2.12. The van der Waals surface area contributed by atoms with E-state index in [9.17, 15) is 24.6 Å². The molecule has 0 saturated heterocycles. The van der Waals surface area contributed by atoms with E-state index >= 15 is 0 Å². The van der Waals surface area contributed by atoms with Crippen molar-refractivity contribution in [1.29, 1.82) is 0 Å². The van der Waals surface area contributed by atoms with Gasteiger partial charge in [0.15, 0.2) is 17.3 Å². The summed E-state index contributed by atoms with van der Waals surface area (Å²) in [5, 5.41) is 58.4. The summed E-state index contributed by atoms with van der Waals surface area (Å²) in [5.74, 6) is -2.15. The van der Waals surface area contributed by atoms with Crippen LogP contribution in [-0.2, 0) is 0 Å². The van der Waals surface area contributed by atoms with Crippen LogP contribution in [0.3, 0.4) is 0 Å². The van der Waals surface area contributed by atoms with Crippen LogP contribution < -0.4 is 10.6 Å². The maximum absolute atomic E-state index is 13.9. The van der Waals surface area contributed by atoms with Crippen molar-refractivity contribution >= 4 is 131 Å². The molecule has 0 radical (unpaired) electrons. The van der Waals surface area contributed by atoms with Crippen molar-refractivity contribution in [2.75, 3.05) is 10.6 Å². The number of rotatable bonds is 10. The van der Waals surface area contributed by atoms with Crippen LogP contribution in [0.2, 0.25) is 20.1 Å². The highest BCUT2D eigenvalue weighted by Gasteiger charge is 2.28. The minimum Gasteiger partial charge on any atom is -0.505 e. The summed E-state index contributed by atoms with van der Waals surface area (Å²) < 4.78 is 0. The number of benzene rings is 9. The first kappa shape index (κ1) is 46.4. The van der Waals surface area contributed by atoms with Crippen molar-refractivity contribution in [2.45, 2.75) is 6.92 Å². The number of nitrogens with zero attached hydrogens (tertiary/aromatic N) is 6. The predicted molar refractivity (Wildman–Crippen MR) is 279 cm³/mol. The Labute approximate surface area is 423 Å². The first-order valence-electron chi connectivity index (χ1n) is 21.5. The molecule has 2 amide bonds. The van der Waals surface area contributed by atoms with Gasteiger partial charge in [-0.25, -0.2) is 0 Å². The summed E-state index contributed by atoms with van der Waals surface area (Å²) in [5.41, 5.74) is 5.69. The van der Waals surface area contributed by atoms with Gasteiger partial charge in [0.2, 0.25) is 0 Å². The zero-order valence-corrected chi connectivity index (χ0v) is 39.8. The minimum absolute atomic E-state index is 0.0123. The lowest BCUT2D eigenvalue weighted by molar-refractivity contribution is 0.101. The second kappa shape index (κ2) is 19.2. The molecule has 4 N–H and O–H groups in total. The van der Waals surface area contributed by atoms with E-state index in [-0.39, 0.29) is 49.8 Å². The Bertz CT molecular complexity index is 3840. The molecule has 0 unspecified atom stereocenters. The van der Waals surface area contributed by atoms with Crippen LogP contribution in [0.4, 0.5) is 45.5 Å². The standard InChI is InChI=1S/C54H32Cl4N8O5/c1-27-20-32(14-19-47(27)64-66-49-36-9-5-3-7-29(36)22-42(52(49)69)54(71)60-31-13-18-44(56)46(58)26-31)61-62-33-10-15-37-38-16-11-34(24-40(38)50(67)39(37)23-33)63-65-48-35-8-4-2-6-28(35)21-41(51(48)68)53(70)59-30-12-17-43(55)45(57)25-30/h2-26,68-69H,1H3,(H,59,70)(H,60,71). The van der Waals surface area contributed by atoms with Crippen molar-refractivity contribution < 1.29 is 24.6 Å². The third kappa shape index (κ3) is 9.30. The molecule has 0 spiro atoms. The molecule has 71 heavy (non-hydrogen) atoms. The number of ketones is 1. The Balaban J connectivity index is 0.853. The number of phenolic OH excluding ortho intramolecular Hbond substituents is 2. The Morgan fingerprint density at radius 3 is 1.37 bits per heavy atom. The molecule has 0 fully saturated rings. The van der Waals surface area contributed by atoms with Crippen LogP contribution in [0.5, 0.6) is 11.5 Å². The van der Waals surface area contributed by atoms with Gasteiger partial charge in [-0.05, 0) is 125 Å². The molecule has 1 aliphatic rings. The molecule has 0 aromatic heterocycles. The van der Waals surface area contributed by atoms with Crippen LogP contribution in [0.25, 0.3) is 32.7 Å². The van der Waals surface area contributed by atoms with Gasteiger partial charge in [-0.15, -0.1) is 10.2 Å². The Morgan fingerprint density at radius 2 is 0.887 bits per heavy atom. The molecule has 346 valence electrons. The maximum Gasteiger partial charge on any atom is 0.259 e. The van der Waals surface area contributed by atoms with E-state index in [2.05, 4.69) is 41.3 Å². The number of halogens is 4. The smallest absolute Gasteiger partial charge is 0.259 e. The number of hydrogen-bond donors (Lipinski definition) is 4. The van der Waals surface area contributed by atoms with Crippen LogP contribution in [-0.4, -0.2) is 27.8 Å². The predicted octanol–water partition coefficient (Wildman–Crippen LogP) is 17.3. The molecular formula is C54H32Cl4N8O5. The molecule has 13 nitrogen and oxygen atoms in total. The van der Waals surface area contributed by atoms with Crippen LogP contribution in [0.15, 0.2) is 182 Å². The van der Waals surface area contributed by atoms with Crippen molar-refractivity contribution in [3.8, 4) is 22.6 Å². The van der Waals surface area contributed by atoms with Crippen molar-refractivity contribution in [1.82, 2.24) is 0 Å². The van der Waals surface area contributed by atoms with Gasteiger partial charge in [0, 0.05) is 33.3 Å². The van der Waals surface area contributed by atoms with E-state index in [4.69, 9.17) is 46.4 Å². The van der Waals surface area contributed by atoms with E-state index in [0.717, 1.165) is 5.56 Å². The fourth-order valence-corrected chi connectivity index (χ4v) is 8.64. The SMILES string of the molecule is Cc1cc(N=Nc2ccc3c(c2)C(=O)c2cc(N=Nc4c(O)c(C(=O)Nc5ccc(Cl)c(Cl)c5)cc5ccccc45)ccc2-3)ccc1N=Nc1c(O)c(C(=O)Nc2ccc(Cl)c(Cl)c2)cc2ccccc12. The lowest BCUT2D eigenvalue weighted by atomic mass is 10.0. The largest absolute Gasteiger partial charge is 0.505 e. The second-order valence-electron chi connectivity index (χ2n) is 16.2. The van der Waals surface area contributed by atoms with Gasteiger partial charge in [0.05, 0.1) is 54.0 Å². The number of amides is 2. The highest BCUT2D eigenvalue weighted by molar-refractivity contribution is 6.42. The number of phenols is 2.